The normalized spacial score (nSPS) is 10.4. The van der Waals surface area contributed by atoms with Gasteiger partial charge < -0.3 is 13.9 Å². The molecule has 0 aliphatic carbocycles. The van der Waals surface area contributed by atoms with Crippen molar-refractivity contribution in [1.82, 2.24) is 0 Å². The van der Waals surface area contributed by atoms with Crippen LogP contribution in [0.1, 0.15) is 19.4 Å². The molecular formula is C12H15IO5. The van der Waals surface area contributed by atoms with Crippen molar-refractivity contribution in [3.8, 4) is 0 Å². The van der Waals surface area contributed by atoms with Gasteiger partial charge in [-0.3, -0.25) is 9.59 Å². The third kappa shape index (κ3) is 4.01. The third-order valence-corrected chi connectivity index (χ3v) is 3.20. The molecule has 1 aromatic rings. The summed E-state index contributed by atoms with van der Waals surface area (Å²) in [6.07, 6.45) is 3.31. The van der Waals surface area contributed by atoms with Crippen molar-refractivity contribution in [2.45, 2.75) is 20.3 Å². The highest BCUT2D eigenvalue weighted by molar-refractivity contribution is 14.1. The first kappa shape index (κ1) is 15.0. The molecule has 1 aromatic heterocycles. The Hall–Kier alpha value is -1.05. The van der Waals surface area contributed by atoms with Gasteiger partial charge in [-0.25, -0.2) is 0 Å². The first-order chi connectivity index (χ1) is 8.60. The Morgan fingerprint density at radius 2 is 1.78 bits per heavy atom. The quantitative estimate of drug-likeness (QED) is 0.439. The van der Waals surface area contributed by atoms with Crippen molar-refractivity contribution < 1.29 is 23.5 Å². The van der Waals surface area contributed by atoms with Gasteiger partial charge in [0, 0.05) is 12.0 Å². The molecular weight excluding hydrogens is 351 g/mol. The van der Waals surface area contributed by atoms with Gasteiger partial charge in [-0.1, -0.05) is 0 Å². The van der Waals surface area contributed by atoms with E-state index in [1.807, 2.05) is 0 Å². The number of esters is 2. The maximum Gasteiger partial charge on any atom is 0.320 e. The molecule has 0 spiro atoms. The largest absolute Gasteiger partial charge is 0.471 e. The fourth-order valence-electron chi connectivity index (χ4n) is 1.42. The van der Waals surface area contributed by atoms with Gasteiger partial charge in [0.1, 0.15) is 6.26 Å². The zero-order chi connectivity index (χ0) is 13.5. The lowest BCUT2D eigenvalue weighted by atomic mass is 10.0. The Kier molecular flexibility index (Phi) is 6.17. The molecule has 5 nitrogen and oxygen atoms in total. The van der Waals surface area contributed by atoms with Gasteiger partial charge in [-0.2, -0.15) is 0 Å². The van der Waals surface area contributed by atoms with Crippen molar-refractivity contribution in [2.75, 3.05) is 13.2 Å². The summed E-state index contributed by atoms with van der Waals surface area (Å²) in [5.74, 6) is -2.06. The van der Waals surface area contributed by atoms with E-state index in [2.05, 4.69) is 22.6 Å². The molecule has 0 atom stereocenters. The van der Waals surface area contributed by atoms with E-state index in [1.165, 1.54) is 6.26 Å². The van der Waals surface area contributed by atoms with Crippen LogP contribution in [-0.2, 0) is 25.5 Å². The number of carbonyl (C=O) groups is 2. The van der Waals surface area contributed by atoms with E-state index >= 15 is 0 Å². The Bertz CT molecular complexity index is 394. The Morgan fingerprint density at radius 1 is 1.22 bits per heavy atom. The maximum atomic E-state index is 11.7. The van der Waals surface area contributed by atoms with Crippen LogP contribution in [0.15, 0.2) is 16.9 Å². The zero-order valence-corrected chi connectivity index (χ0v) is 12.4. The van der Waals surface area contributed by atoms with Crippen molar-refractivity contribution >= 4 is 34.5 Å². The lowest BCUT2D eigenvalue weighted by Gasteiger charge is -2.13. The summed E-state index contributed by atoms with van der Waals surface area (Å²) in [5, 5.41) is 0. The standard InChI is InChI=1S/C12H15IO5/c1-3-17-11(14)9(12(15)18-4-2)5-8-6-16-7-10(8)13/h6-7,9H,3-5H2,1-2H3. The summed E-state index contributed by atoms with van der Waals surface area (Å²) in [5.41, 5.74) is 0.793. The monoisotopic (exact) mass is 366 g/mol. The molecule has 0 N–H and O–H groups in total. The SMILES string of the molecule is CCOC(=O)C(Cc1cocc1I)C(=O)OCC. The molecule has 0 bridgehead atoms. The fraction of sp³-hybridized carbons (Fsp3) is 0.500. The molecule has 18 heavy (non-hydrogen) atoms. The Labute approximate surface area is 119 Å². The summed E-state index contributed by atoms with van der Waals surface area (Å²) < 4.78 is 15.7. The summed E-state index contributed by atoms with van der Waals surface area (Å²) in [6, 6.07) is 0. The molecule has 0 unspecified atom stereocenters. The van der Waals surface area contributed by atoms with Gasteiger partial charge in [0.05, 0.1) is 23.0 Å². The van der Waals surface area contributed by atoms with E-state index in [4.69, 9.17) is 13.9 Å². The zero-order valence-electron chi connectivity index (χ0n) is 10.3. The molecule has 0 aliphatic rings. The van der Waals surface area contributed by atoms with E-state index in [9.17, 15) is 9.59 Å². The molecule has 0 aromatic carbocycles. The molecule has 0 saturated carbocycles. The van der Waals surface area contributed by atoms with Crippen molar-refractivity contribution in [3.05, 3.63) is 21.7 Å². The summed E-state index contributed by atoms with van der Waals surface area (Å²) in [6.45, 7) is 3.86. The predicted octanol–water partition coefficient (Wildman–Crippen LogP) is 2.17. The minimum Gasteiger partial charge on any atom is -0.471 e. The van der Waals surface area contributed by atoms with Crippen LogP contribution in [0.5, 0.6) is 0 Å². The Balaban J connectivity index is 2.80. The molecule has 0 amide bonds. The molecule has 6 heteroatoms. The van der Waals surface area contributed by atoms with E-state index in [0.717, 1.165) is 9.13 Å². The van der Waals surface area contributed by atoms with Gasteiger partial charge >= 0.3 is 11.9 Å². The fourth-order valence-corrected chi connectivity index (χ4v) is 1.92. The lowest BCUT2D eigenvalue weighted by Crippen LogP contribution is -2.30. The van der Waals surface area contributed by atoms with Crippen LogP contribution in [0.3, 0.4) is 0 Å². The van der Waals surface area contributed by atoms with Gasteiger partial charge in [0.25, 0.3) is 0 Å². The second-order valence-corrected chi connectivity index (χ2v) is 4.67. The first-order valence-corrected chi connectivity index (χ1v) is 6.71. The average Bonchev–Trinajstić information content (AvgIpc) is 2.72. The maximum absolute atomic E-state index is 11.7. The minimum absolute atomic E-state index is 0.229. The van der Waals surface area contributed by atoms with Gasteiger partial charge in [0.15, 0.2) is 5.92 Å². The van der Waals surface area contributed by atoms with Crippen LogP contribution in [0.4, 0.5) is 0 Å². The molecule has 1 heterocycles. The Morgan fingerprint density at radius 3 is 2.17 bits per heavy atom. The van der Waals surface area contributed by atoms with E-state index in [1.54, 1.807) is 20.1 Å². The molecule has 100 valence electrons. The van der Waals surface area contributed by atoms with E-state index in [-0.39, 0.29) is 19.6 Å². The van der Waals surface area contributed by atoms with Crippen molar-refractivity contribution in [2.24, 2.45) is 5.92 Å². The second-order valence-electron chi connectivity index (χ2n) is 3.51. The smallest absolute Gasteiger partial charge is 0.320 e. The average molecular weight is 366 g/mol. The van der Waals surface area contributed by atoms with Crippen molar-refractivity contribution in [3.63, 3.8) is 0 Å². The molecule has 0 fully saturated rings. The number of hydrogen-bond acceptors (Lipinski definition) is 5. The van der Waals surface area contributed by atoms with Crippen molar-refractivity contribution in [1.29, 1.82) is 0 Å². The number of halogens is 1. The van der Waals surface area contributed by atoms with Crippen LogP contribution < -0.4 is 0 Å². The molecule has 0 aliphatic heterocycles. The van der Waals surface area contributed by atoms with Crippen LogP contribution in [0.2, 0.25) is 0 Å². The highest BCUT2D eigenvalue weighted by Crippen LogP contribution is 2.19. The number of carbonyl (C=O) groups excluding carboxylic acids is 2. The van der Waals surface area contributed by atoms with Crippen LogP contribution in [-0.4, -0.2) is 25.2 Å². The second kappa shape index (κ2) is 7.40. The summed E-state index contributed by atoms with van der Waals surface area (Å²) in [4.78, 5) is 23.5. The molecule has 0 radical (unpaired) electrons. The first-order valence-electron chi connectivity index (χ1n) is 5.63. The van der Waals surface area contributed by atoms with Gasteiger partial charge in [0.2, 0.25) is 0 Å². The van der Waals surface area contributed by atoms with Crippen LogP contribution in [0.25, 0.3) is 0 Å². The lowest BCUT2D eigenvalue weighted by molar-refractivity contribution is -0.161. The number of rotatable bonds is 6. The number of ether oxygens (including phenoxy) is 2. The topological polar surface area (TPSA) is 65.7 Å². The highest BCUT2D eigenvalue weighted by Gasteiger charge is 2.30. The van der Waals surface area contributed by atoms with Gasteiger partial charge in [-0.05, 0) is 36.4 Å². The summed E-state index contributed by atoms with van der Waals surface area (Å²) >= 11 is 2.08. The minimum atomic E-state index is -0.934. The highest BCUT2D eigenvalue weighted by atomic mass is 127. The summed E-state index contributed by atoms with van der Waals surface area (Å²) in [7, 11) is 0. The van der Waals surface area contributed by atoms with Crippen LogP contribution in [0, 0.1) is 9.49 Å². The third-order valence-electron chi connectivity index (χ3n) is 2.25. The predicted molar refractivity (Wildman–Crippen MR) is 71.9 cm³/mol. The van der Waals surface area contributed by atoms with E-state index in [0.29, 0.717) is 0 Å². The van der Waals surface area contributed by atoms with Gasteiger partial charge in [-0.15, -0.1) is 0 Å². The molecule has 0 saturated heterocycles. The number of hydrogen-bond donors (Lipinski definition) is 0. The number of furan rings is 1. The van der Waals surface area contributed by atoms with E-state index < -0.39 is 17.9 Å². The van der Waals surface area contributed by atoms with Crippen LogP contribution >= 0.6 is 22.6 Å². The molecule has 1 rings (SSSR count).